The molecule has 2 fully saturated rings. The lowest BCUT2D eigenvalue weighted by molar-refractivity contribution is -0.385. The predicted molar refractivity (Wildman–Crippen MR) is 170 cm³/mol. The number of esters is 2. The van der Waals surface area contributed by atoms with Crippen LogP contribution in [0.1, 0.15) is 45.6 Å². The molecule has 0 saturated carbocycles. The maximum Gasteiger partial charge on any atom is 0.336 e. The first-order valence-corrected chi connectivity index (χ1v) is 14.8. The zero-order chi connectivity index (χ0) is 34.3. The average molecular weight is 688 g/mol. The topological polar surface area (TPSA) is 188 Å². The second-order valence-electron chi connectivity index (χ2n) is 11.7. The van der Waals surface area contributed by atoms with Crippen LogP contribution in [0.15, 0.2) is 46.8 Å². The number of methoxy groups -OCH3 is 2. The summed E-state index contributed by atoms with van der Waals surface area (Å²) in [5.41, 5.74) is 1.19. The highest BCUT2D eigenvalue weighted by Crippen LogP contribution is 2.42. The number of para-hydroxylation sites is 1. The van der Waals surface area contributed by atoms with Gasteiger partial charge >= 0.3 is 11.9 Å². The molecule has 264 valence electrons. The van der Waals surface area contributed by atoms with Crippen LogP contribution in [0.25, 0.3) is 0 Å². The molecule has 0 radical (unpaired) electrons. The third kappa shape index (κ3) is 9.48. The Labute approximate surface area is 280 Å². The van der Waals surface area contributed by atoms with Crippen molar-refractivity contribution in [3.8, 4) is 0 Å². The van der Waals surface area contributed by atoms with E-state index in [1.807, 2.05) is 27.9 Å². The fourth-order valence-electron chi connectivity index (χ4n) is 5.67. The van der Waals surface area contributed by atoms with Crippen LogP contribution in [-0.4, -0.2) is 117 Å². The molecule has 5 atom stereocenters. The van der Waals surface area contributed by atoms with Gasteiger partial charge in [0.15, 0.2) is 12.1 Å². The normalized spacial score (nSPS) is 24.1. The minimum Gasteiger partial charge on any atom is -0.466 e. The van der Waals surface area contributed by atoms with E-state index in [1.165, 1.54) is 32.4 Å². The van der Waals surface area contributed by atoms with E-state index in [4.69, 9.17) is 33.5 Å². The number of aliphatic hydroxyl groups is 2. The minimum atomic E-state index is -1.01. The monoisotopic (exact) mass is 687 g/mol. The number of halogens is 1. The molecule has 3 heterocycles. The number of nitro benzene ring substituents is 1. The van der Waals surface area contributed by atoms with Crippen LogP contribution in [0.2, 0.25) is 0 Å². The highest BCUT2D eigenvalue weighted by molar-refractivity contribution is 6.00. The van der Waals surface area contributed by atoms with E-state index in [1.54, 1.807) is 19.9 Å². The van der Waals surface area contributed by atoms with Crippen LogP contribution in [0.3, 0.4) is 0 Å². The highest BCUT2D eigenvalue weighted by Gasteiger charge is 2.57. The molecular weight excluding hydrogens is 642 g/mol. The molecule has 2 saturated heterocycles. The fraction of sp³-hybridized carbons (Fsp3) is 0.613. The van der Waals surface area contributed by atoms with E-state index >= 15 is 0 Å². The van der Waals surface area contributed by atoms with E-state index in [-0.39, 0.29) is 47.5 Å². The van der Waals surface area contributed by atoms with Gasteiger partial charge in [0, 0.05) is 29.6 Å². The second kappa shape index (κ2) is 17.3. The number of allylic oxidation sites excluding steroid dienone is 2. The summed E-state index contributed by atoms with van der Waals surface area (Å²) in [5, 5.41) is 33.4. The van der Waals surface area contributed by atoms with E-state index < -0.39 is 53.2 Å². The summed E-state index contributed by atoms with van der Waals surface area (Å²) in [5.74, 6) is -3.05. The Morgan fingerprint density at radius 2 is 1.66 bits per heavy atom. The molecule has 0 spiro atoms. The summed E-state index contributed by atoms with van der Waals surface area (Å²) < 4.78 is 32.7. The van der Waals surface area contributed by atoms with Gasteiger partial charge in [-0.05, 0) is 54.8 Å². The third-order valence-electron chi connectivity index (χ3n) is 7.67. The summed E-state index contributed by atoms with van der Waals surface area (Å²) in [4.78, 5) is 37.7. The van der Waals surface area contributed by atoms with Crippen LogP contribution >= 0.6 is 12.4 Å². The predicted octanol–water partition coefficient (Wildman–Crippen LogP) is 2.15. The van der Waals surface area contributed by atoms with Gasteiger partial charge in [0.05, 0.1) is 42.8 Å². The van der Waals surface area contributed by atoms with Gasteiger partial charge in [-0.2, -0.15) is 0 Å². The van der Waals surface area contributed by atoms with Crippen molar-refractivity contribution in [2.45, 2.75) is 76.5 Å². The number of carbonyl (C=O) groups is 2. The lowest BCUT2D eigenvalue weighted by atomic mass is 9.79. The Morgan fingerprint density at radius 1 is 1.09 bits per heavy atom. The van der Waals surface area contributed by atoms with Gasteiger partial charge in [0.25, 0.3) is 5.69 Å². The Kier molecular flexibility index (Phi) is 14.7. The molecule has 15 nitrogen and oxygen atoms in total. The zero-order valence-corrected chi connectivity index (χ0v) is 28.7. The van der Waals surface area contributed by atoms with Crippen LogP contribution in [-0.2, 0) is 38.0 Å². The maximum atomic E-state index is 12.3. The molecule has 3 aliphatic rings. The Hall–Kier alpha value is -3.15. The average Bonchev–Trinajstić information content (AvgIpc) is 3.49. The molecule has 16 heteroatoms. The molecule has 3 aliphatic heterocycles. The van der Waals surface area contributed by atoms with E-state index in [9.17, 15) is 24.8 Å². The number of dihydropyridines is 1. The number of carbonyl (C=O) groups excluding carboxylic acids is 2. The summed E-state index contributed by atoms with van der Waals surface area (Å²) in [6.07, 6.45) is -2.17. The van der Waals surface area contributed by atoms with Crippen molar-refractivity contribution in [3.63, 3.8) is 0 Å². The SMILES string of the molecule is CN(C)CCCOC1C(C(O)CO)OC2OC(C)(C)OC21.COC(=O)C1=C(C)NC(C)=C(C(=O)OC)C1c1ccccc1[N+](=O)[O-].Cl. The number of hydrogen-bond acceptors (Lipinski definition) is 14. The summed E-state index contributed by atoms with van der Waals surface area (Å²) in [6.45, 7) is 7.98. The minimum absolute atomic E-state index is 0. The molecule has 5 unspecified atom stereocenters. The first-order chi connectivity index (χ1) is 21.7. The summed E-state index contributed by atoms with van der Waals surface area (Å²) in [7, 11) is 6.43. The van der Waals surface area contributed by atoms with Crippen LogP contribution in [0.4, 0.5) is 5.69 Å². The Balaban J connectivity index is 0.000000324. The number of nitrogens with zero attached hydrogens (tertiary/aromatic N) is 2. The molecular formula is C31H46ClN3O12. The van der Waals surface area contributed by atoms with Crippen LogP contribution in [0, 0.1) is 10.1 Å². The first-order valence-electron chi connectivity index (χ1n) is 14.8. The lowest BCUT2D eigenvalue weighted by Gasteiger charge is -2.29. The standard InChI is InChI=1S/C17H18N2O6.C14H27NO6.ClH/c1-9-13(16(20)24-3)15(14(10(2)18-9)17(21)25-4)11-7-5-6-8-12(11)19(22)23;1-14(2)20-12-11(18-7-5-6-15(3)4)10(9(17)8-16)19-13(12)21-14;/h5-8,15,18H,1-4H3;9-13,16-17H,5-8H2,1-4H3;1H. The number of nitrogens with one attached hydrogen (secondary N) is 1. The number of aliphatic hydroxyl groups excluding tert-OH is 2. The smallest absolute Gasteiger partial charge is 0.336 e. The van der Waals surface area contributed by atoms with Crippen molar-refractivity contribution in [1.82, 2.24) is 10.2 Å². The van der Waals surface area contributed by atoms with E-state index in [2.05, 4.69) is 10.2 Å². The van der Waals surface area contributed by atoms with Crippen molar-refractivity contribution in [2.24, 2.45) is 0 Å². The molecule has 1 aromatic carbocycles. The third-order valence-corrected chi connectivity index (χ3v) is 7.67. The van der Waals surface area contributed by atoms with Gasteiger partial charge < -0.3 is 48.9 Å². The second-order valence-corrected chi connectivity index (χ2v) is 11.7. The Bertz CT molecular complexity index is 1300. The molecule has 0 aromatic heterocycles. The number of benzene rings is 1. The van der Waals surface area contributed by atoms with Crippen molar-refractivity contribution in [1.29, 1.82) is 0 Å². The summed E-state index contributed by atoms with van der Waals surface area (Å²) in [6, 6.07) is 5.97. The maximum absolute atomic E-state index is 12.3. The summed E-state index contributed by atoms with van der Waals surface area (Å²) >= 11 is 0. The number of nitro groups is 1. The Morgan fingerprint density at radius 3 is 2.17 bits per heavy atom. The van der Waals surface area contributed by atoms with Gasteiger partial charge in [-0.3, -0.25) is 10.1 Å². The molecule has 47 heavy (non-hydrogen) atoms. The molecule has 3 N–H and O–H groups in total. The molecule has 4 rings (SSSR count). The van der Waals surface area contributed by atoms with Crippen molar-refractivity contribution < 1.29 is 53.1 Å². The van der Waals surface area contributed by atoms with Crippen LogP contribution < -0.4 is 5.32 Å². The van der Waals surface area contributed by atoms with Gasteiger partial charge in [-0.1, -0.05) is 18.2 Å². The number of ether oxygens (including phenoxy) is 6. The molecule has 0 aliphatic carbocycles. The van der Waals surface area contributed by atoms with Crippen molar-refractivity contribution in [3.05, 3.63) is 62.5 Å². The van der Waals surface area contributed by atoms with Gasteiger partial charge in [-0.25, -0.2) is 9.59 Å². The van der Waals surface area contributed by atoms with Crippen molar-refractivity contribution >= 4 is 30.0 Å². The zero-order valence-electron chi connectivity index (χ0n) is 27.9. The lowest BCUT2D eigenvalue weighted by Crippen LogP contribution is -2.44. The molecule has 0 bridgehead atoms. The van der Waals surface area contributed by atoms with Crippen LogP contribution in [0.5, 0.6) is 0 Å². The first kappa shape index (κ1) is 40.0. The number of hydrogen-bond donors (Lipinski definition) is 3. The molecule has 0 amide bonds. The molecule has 1 aromatic rings. The highest BCUT2D eigenvalue weighted by atomic mass is 35.5. The van der Waals surface area contributed by atoms with Gasteiger partial charge in [0.1, 0.15) is 24.4 Å². The van der Waals surface area contributed by atoms with Crippen molar-refractivity contribution in [2.75, 3.05) is 48.1 Å². The van der Waals surface area contributed by atoms with E-state index in [0.717, 1.165) is 13.0 Å². The van der Waals surface area contributed by atoms with Gasteiger partial charge in [0.2, 0.25) is 0 Å². The number of fused-ring (bicyclic) bond motifs is 1. The van der Waals surface area contributed by atoms with E-state index in [0.29, 0.717) is 18.0 Å². The largest absolute Gasteiger partial charge is 0.466 e. The quantitative estimate of drug-likeness (QED) is 0.133. The number of rotatable bonds is 11. The van der Waals surface area contributed by atoms with Gasteiger partial charge in [-0.15, -0.1) is 12.4 Å². The fourth-order valence-corrected chi connectivity index (χ4v) is 5.67.